The van der Waals surface area contributed by atoms with E-state index >= 15 is 0 Å². The topological polar surface area (TPSA) is 67.4 Å². The van der Waals surface area contributed by atoms with Crippen molar-refractivity contribution in [1.82, 2.24) is 10.6 Å². The molecule has 1 heterocycles. The van der Waals surface area contributed by atoms with Gasteiger partial charge in [-0.15, -0.1) is 24.0 Å². The van der Waals surface area contributed by atoms with E-state index in [9.17, 15) is 0 Å². The Morgan fingerprint density at radius 1 is 1.14 bits per heavy atom. The molecule has 164 valence electrons. The summed E-state index contributed by atoms with van der Waals surface area (Å²) in [6.07, 6.45) is 3.71. The van der Waals surface area contributed by atoms with E-state index in [4.69, 9.17) is 14.2 Å². The number of halogens is 1. The lowest BCUT2D eigenvalue weighted by molar-refractivity contribution is 0.131. The predicted molar refractivity (Wildman–Crippen MR) is 128 cm³/mol. The average Bonchev–Trinajstić information content (AvgIpc) is 3.43. The third-order valence-electron chi connectivity index (χ3n) is 5.13. The zero-order valence-corrected chi connectivity index (χ0v) is 20.1. The molecule has 0 radical (unpaired) electrons. The minimum Gasteiger partial charge on any atom is -0.497 e. The lowest BCUT2D eigenvalue weighted by Gasteiger charge is -2.21. The Kier molecular flexibility index (Phi) is 10.1. The number of benzene rings is 1. The van der Waals surface area contributed by atoms with Gasteiger partial charge in [0.1, 0.15) is 11.5 Å². The summed E-state index contributed by atoms with van der Waals surface area (Å²) in [6.45, 7) is 7.10. The van der Waals surface area contributed by atoms with Gasteiger partial charge in [0.15, 0.2) is 5.96 Å². The van der Waals surface area contributed by atoms with Crippen LogP contribution in [0, 0.1) is 5.92 Å². The number of rotatable bonds is 10. The molecule has 8 heteroatoms. The Labute approximate surface area is 191 Å². The van der Waals surface area contributed by atoms with Gasteiger partial charge in [-0.1, -0.05) is 0 Å². The maximum atomic E-state index is 5.68. The van der Waals surface area contributed by atoms with Crippen molar-refractivity contribution in [3.8, 4) is 11.5 Å². The molecule has 1 aliphatic heterocycles. The Morgan fingerprint density at radius 2 is 1.86 bits per heavy atom. The zero-order chi connectivity index (χ0) is 19.8. The third kappa shape index (κ3) is 7.73. The van der Waals surface area contributed by atoms with E-state index < -0.39 is 0 Å². The van der Waals surface area contributed by atoms with Gasteiger partial charge in [-0.2, -0.15) is 0 Å². The molecule has 2 N–H and O–H groups in total. The molecule has 1 atom stereocenters. The zero-order valence-electron chi connectivity index (χ0n) is 17.8. The number of guanidine groups is 1. The van der Waals surface area contributed by atoms with Crippen molar-refractivity contribution < 1.29 is 14.2 Å². The molecule has 3 rings (SSSR count). The van der Waals surface area contributed by atoms with Crippen LogP contribution in [0.25, 0.3) is 0 Å². The van der Waals surface area contributed by atoms with Crippen LogP contribution in [-0.4, -0.2) is 65.6 Å². The Balaban J connectivity index is 0.00000300. The fourth-order valence-corrected chi connectivity index (χ4v) is 3.36. The van der Waals surface area contributed by atoms with E-state index in [0.717, 1.165) is 61.7 Å². The fraction of sp³-hybridized carbons (Fsp3) is 0.667. The highest BCUT2D eigenvalue weighted by molar-refractivity contribution is 14.0. The molecule has 0 aromatic heterocycles. The van der Waals surface area contributed by atoms with Gasteiger partial charge in [-0.25, -0.2) is 0 Å². The minimum atomic E-state index is 0. The molecule has 7 nitrogen and oxygen atoms in total. The van der Waals surface area contributed by atoms with Crippen molar-refractivity contribution in [3.05, 3.63) is 18.2 Å². The quantitative estimate of drug-likeness (QED) is 0.215. The van der Waals surface area contributed by atoms with Crippen molar-refractivity contribution in [2.45, 2.75) is 32.2 Å². The molecule has 0 spiro atoms. The van der Waals surface area contributed by atoms with Crippen LogP contribution in [0.2, 0.25) is 0 Å². The summed E-state index contributed by atoms with van der Waals surface area (Å²) in [6, 6.07) is 6.36. The molecule has 1 unspecified atom stereocenters. The Bertz CT molecular complexity index is 633. The molecule has 1 saturated heterocycles. The van der Waals surface area contributed by atoms with Crippen molar-refractivity contribution in [1.29, 1.82) is 0 Å². The van der Waals surface area contributed by atoms with E-state index in [-0.39, 0.29) is 24.0 Å². The number of nitrogens with zero attached hydrogens (tertiary/aromatic N) is 2. The average molecular weight is 518 g/mol. The van der Waals surface area contributed by atoms with Gasteiger partial charge in [0.05, 0.1) is 27.4 Å². The number of hydrogen-bond acceptors (Lipinski definition) is 5. The van der Waals surface area contributed by atoms with Gasteiger partial charge >= 0.3 is 0 Å². The van der Waals surface area contributed by atoms with Gasteiger partial charge < -0.3 is 29.7 Å². The van der Waals surface area contributed by atoms with Crippen molar-refractivity contribution in [3.63, 3.8) is 0 Å². The highest BCUT2D eigenvalue weighted by atomic mass is 127. The monoisotopic (exact) mass is 518 g/mol. The number of hydrogen-bond donors (Lipinski definition) is 2. The molecule has 0 bridgehead atoms. The number of aliphatic imine (C=N–C) groups is 1. The van der Waals surface area contributed by atoms with E-state index in [1.54, 1.807) is 14.2 Å². The fourth-order valence-electron chi connectivity index (χ4n) is 3.36. The molecular weight excluding hydrogens is 483 g/mol. The number of anilines is 1. The largest absolute Gasteiger partial charge is 0.497 e. The SMILES string of the molecule is CCNC(=NCCOCC1CC1)NC1CCN(c2cc(OC)cc(OC)c2)C1.I. The second-order valence-corrected chi connectivity index (χ2v) is 7.43. The predicted octanol–water partition coefficient (Wildman–Crippen LogP) is 2.88. The van der Waals surface area contributed by atoms with E-state index in [1.165, 1.54) is 12.8 Å². The van der Waals surface area contributed by atoms with Crippen LogP contribution in [0.4, 0.5) is 5.69 Å². The van der Waals surface area contributed by atoms with E-state index in [1.807, 2.05) is 6.07 Å². The van der Waals surface area contributed by atoms with Crippen LogP contribution in [-0.2, 0) is 4.74 Å². The maximum absolute atomic E-state index is 5.68. The number of nitrogens with one attached hydrogen (secondary N) is 2. The van der Waals surface area contributed by atoms with Crippen LogP contribution in [0.15, 0.2) is 23.2 Å². The highest BCUT2D eigenvalue weighted by Gasteiger charge is 2.24. The molecule has 1 saturated carbocycles. The van der Waals surface area contributed by atoms with Gasteiger partial charge in [-0.05, 0) is 32.1 Å². The van der Waals surface area contributed by atoms with E-state index in [2.05, 4.69) is 39.6 Å². The normalized spacial score (nSPS) is 18.9. The maximum Gasteiger partial charge on any atom is 0.191 e. The smallest absolute Gasteiger partial charge is 0.191 e. The highest BCUT2D eigenvalue weighted by Crippen LogP contribution is 2.30. The summed E-state index contributed by atoms with van der Waals surface area (Å²) < 4.78 is 16.5. The second-order valence-electron chi connectivity index (χ2n) is 7.43. The van der Waals surface area contributed by atoms with E-state index in [0.29, 0.717) is 19.2 Å². The summed E-state index contributed by atoms with van der Waals surface area (Å²) in [7, 11) is 3.36. The van der Waals surface area contributed by atoms with Crippen LogP contribution in [0.3, 0.4) is 0 Å². The first-order valence-electron chi connectivity index (χ1n) is 10.3. The summed E-state index contributed by atoms with van der Waals surface area (Å²) in [4.78, 5) is 7.01. The van der Waals surface area contributed by atoms with Crippen molar-refractivity contribution >= 4 is 35.6 Å². The lowest BCUT2D eigenvalue weighted by Crippen LogP contribution is -2.44. The number of methoxy groups -OCH3 is 2. The molecule has 1 aromatic carbocycles. The second kappa shape index (κ2) is 12.3. The lowest BCUT2D eigenvalue weighted by atomic mass is 10.2. The first-order chi connectivity index (χ1) is 13.7. The van der Waals surface area contributed by atoms with Crippen LogP contribution in [0.5, 0.6) is 11.5 Å². The molecule has 1 aliphatic carbocycles. The molecule has 0 amide bonds. The van der Waals surface area contributed by atoms with Gasteiger partial charge in [0.2, 0.25) is 0 Å². The summed E-state index contributed by atoms with van der Waals surface area (Å²) in [5.41, 5.74) is 1.12. The number of ether oxygens (including phenoxy) is 3. The molecule has 1 aromatic rings. The first-order valence-corrected chi connectivity index (χ1v) is 10.3. The Hall–Kier alpha value is -1.42. The first kappa shape index (κ1) is 23.9. The van der Waals surface area contributed by atoms with Crippen molar-refractivity contribution in [2.24, 2.45) is 10.9 Å². The molecule has 29 heavy (non-hydrogen) atoms. The summed E-state index contributed by atoms with van der Waals surface area (Å²) in [5.74, 6) is 3.29. The minimum absolute atomic E-state index is 0. The van der Waals surface area contributed by atoms with Crippen LogP contribution in [0.1, 0.15) is 26.2 Å². The Morgan fingerprint density at radius 3 is 2.48 bits per heavy atom. The van der Waals surface area contributed by atoms with Crippen LogP contribution >= 0.6 is 24.0 Å². The molecule has 2 aliphatic rings. The van der Waals surface area contributed by atoms with Gasteiger partial charge in [0, 0.05) is 56.2 Å². The molecular formula is C21H35IN4O3. The third-order valence-corrected chi connectivity index (χ3v) is 5.13. The summed E-state index contributed by atoms with van der Waals surface area (Å²) in [5, 5.41) is 6.90. The standard InChI is InChI=1S/C21H34N4O3.HI/c1-4-22-21(23-8-10-28-15-16-5-6-16)24-17-7-9-25(14-17)18-11-19(26-2)13-20(12-18)27-3;/h11-13,16-17H,4-10,14-15H2,1-3H3,(H2,22,23,24);1H. The van der Waals surface area contributed by atoms with Crippen LogP contribution < -0.4 is 25.0 Å². The molecule has 2 fully saturated rings. The van der Waals surface area contributed by atoms with Gasteiger partial charge in [0.25, 0.3) is 0 Å². The van der Waals surface area contributed by atoms with Crippen molar-refractivity contribution in [2.75, 3.05) is 58.5 Å². The van der Waals surface area contributed by atoms with Gasteiger partial charge in [-0.3, -0.25) is 4.99 Å². The summed E-state index contributed by atoms with van der Waals surface area (Å²) >= 11 is 0.